The first-order chi connectivity index (χ1) is 11.8. The number of alkyl halides is 3. The molecule has 1 N–H and O–H groups in total. The van der Waals surface area contributed by atoms with Crippen LogP contribution in [0, 0.1) is 0 Å². The first kappa shape index (κ1) is 20.7. The second-order valence-corrected chi connectivity index (χ2v) is 6.47. The van der Waals surface area contributed by atoms with Gasteiger partial charge in [0.1, 0.15) is 0 Å². The van der Waals surface area contributed by atoms with Crippen LogP contribution >= 0.6 is 12.4 Å². The second kappa shape index (κ2) is 8.37. The summed E-state index contributed by atoms with van der Waals surface area (Å²) in [4.78, 5) is 6.64. The number of hydrogen-bond donors (Lipinski definition) is 1. The Hall–Kier alpha value is -1.64. The summed E-state index contributed by atoms with van der Waals surface area (Å²) in [5.74, 6) is 1.13. The lowest BCUT2D eigenvalue weighted by atomic mass is 9.96. The zero-order valence-corrected chi connectivity index (χ0v) is 15.4. The monoisotopic (exact) mass is 390 g/mol. The third kappa shape index (κ3) is 4.75. The van der Waals surface area contributed by atoms with Crippen molar-refractivity contribution in [2.45, 2.75) is 31.5 Å². The highest BCUT2D eigenvalue weighted by Crippen LogP contribution is 2.30. The highest BCUT2D eigenvalue weighted by molar-refractivity contribution is 5.85. The molecule has 144 valence electrons. The van der Waals surface area contributed by atoms with Gasteiger partial charge in [0.25, 0.3) is 0 Å². The van der Waals surface area contributed by atoms with Crippen molar-refractivity contribution in [1.82, 2.24) is 20.4 Å². The van der Waals surface area contributed by atoms with Crippen LogP contribution in [0.2, 0.25) is 0 Å². The van der Waals surface area contributed by atoms with Crippen LogP contribution in [0.25, 0.3) is 0 Å². The summed E-state index contributed by atoms with van der Waals surface area (Å²) in [6.07, 6.45) is -3.83. The fourth-order valence-electron chi connectivity index (χ4n) is 2.96. The Morgan fingerprint density at radius 2 is 2.00 bits per heavy atom. The number of likely N-dealkylation sites (N-methyl/N-ethyl adjacent to an activating group) is 1. The summed E-state index contributed by atoms with van der Waals surface area (Å²) in [6.45, 7) is 4.55. The summed E-state index contributed by atoms with van der Waals surface area (Å²) in [6, 6.07) is 5.29. The maximum Gasteiger partial charge on any atom is 0.416 e. The molecule has 0 saturated carbocycles. The van der Waals surface area contributed by atoms with Gasteiger partial charge in [-0.25, -0.2) is 0 Å². The fourth-order valence-corrected chi connectivity index (χ4v) is 2.96. The highest BCUT2D eigenvalue weighted by Gasteiger charge is 2.30. The molecule has 1 aromatic carbocycles. The maximum absolute atomic E-state index is 12.6. The van der Waals surface area contributed by atoms with Gasteiger partial charge >= 0.3 is 6.18 Å². The SMILES string of the molecule is CC(Cc1nc(C2CNCCN2C)no1)c1ccc(C(F)(F)F)cc1.Cl. The molecule has 0 aliphatic carbocycles. The summed E-state index contributed by atoms with van der Waals surface area (Å²) in [7, 11) is 2.02. The zero-order valence-electron chi connectivity index (χ0n) is 14.6. The molecule has 2 unspecified atom stereocenters. The van der Waals surface area contributed by atoms with Gasteiger partial charge in [0, 0.05) is 26.1 Å². The van der Waals surface area contributed by atoms with Crippen molar-refractivity contribution >= 4 is 12.4 Å². The van der Waals surface area contributed by atoms with E-state index >= 15 is 0 Å². The molecule has 1 saturated heterocycles. The summed E-state index contributed by atoms with van der Waals surface area (Å²) < 4.78 is 43.2. The lowest BCUT2D eigenvalue weighted by Gasteiger charge is -2.30. The number of aromatic nitrogens is 2. The van der Waals surface area contributed by atoms with E-state index in [2.05, 4.69) is 20.4 Å². The Morgan fingerprint density at radius 1 is 1.31 bits per heavy atom. The van der Waals surface area contributed by atoms with Gasteiger partial charge < -0.3 is 9.84 Å². The van der Waals surface area contributed by atoms with E-state index in [9.17, 15) is 13.2 Å². The third-order valence-electron chi connectivity index (χ3n) is 4.58. The summed E-state index contributed by atoms with van der Waals surface area (Å²) in [5, 5.41) is 7.37. The molecule has 2 aromatic rings. The Labute approximate surface area is 156 Å². The largest absolute Gasteiger partial charge is 0.416 e. The minimum Gasteiger partial charge on any atom is -0.339 e. The Balaban J connectivity index is 0.00000243. The first-order valence-electron chi connectivity index (χ1n) is 8.25. The molecule has 1 aliphatic heterocycles. The van der Waals surface area contributed by atoms with E-state index in [-0.39, 0.29) is 24.4 Å². The first-order valence-corrected chi connectivity index (χ1v) is 8.25. The molecule has 3 rings (SSSR count). The van der Waals surface area contributed by atoms with Gasteiger partial charge in [-0.1, -0.05) is 24.2 Å². The molecule has 2 atom stereocenters. The minimum absolute atomic E-state index is 0. The van der Waals surface area contributed by atoms with Gasteiger partial charge in [0.2, 0.25) is 5.89 Å². The van der Waals surface area contributed by atoms with Crippen LogP contribution < -0.4 is 5.32 Å². The molecule has 1 aliphatic rings. The van der Waals surface area contributed by atoms with Gasteiger partial charge in [-0.05, 0) is 30.7 Å². The Bertz CT molecular complexity index is 705. The fraction of sp³-hybridized carbons (Fsp3) is 0.529. The average Bonchev–Trinajstić information content (AvgIpc) is 3.03. The minimum atomic E-state index is -4.32. The van der Waals surface area contributed by atoms with Gasteiger partial charge in [-0.3, -0.25) is 4.90 Å². The lowest BCUT2D eigenvalue weighted by molar-refractivity contribution is -0.137. The van der Waals surface area contributed by atoms with E-state index < -0.39 is 11.7 Å². The molecule has 0 radical (unpaired) electrons. The molecule has 1 aromatic heterocycles. The molecule has 9 heteroatoms. The van der Waals surface area contributed by atoms with Crippen molar-refractivity contribution < 1.29 is 17.7 Å². The number of benzene rings is 1. The standard InChI is InChI=1S/C17H21F3N4O.ClH/c1-11(12-3-5-13(6-4-12)17(18,19)20)9-15-22-16(23-25-15)14-10-21-7-8-24(14)2;/h3-6,11,14,21H,7-10H2,1-2H3;1H. The number of halogens is 4. The van der Waals surface area contributed by atoms with Crippen LogP contribution in [-0.4, -0.2) is 41.7 Å². The van der Waals surface area contributed by atoms with Crippen molar-refractivity contribution in [2.24, 2.45) is 0 Å². The Kier molecular flexibility index (Phi) is 6.65. The lowest BCUT2D eigenvalue weighted by Crippen LogP contribution is -2.44. The number of hydrogen-bond acceptors (Lipinski definition) is 5. The van der Waals surface area contributed by atoms with E-state index in [1.807, 2.05) is 14.0 Å². The predicted molar refractivity (Wildman–Crippen MR) is 93.3 cm³/mol. The topological polar surface area (TPSA) is 54.2 Å². The smallest absolute Gasteiger partial charge is 0.339 e. The van der Waals surface area contributed by atoms with E-state index in [4.69, 9.17) is 4.52 Å². The van der Waals surface area contributed by atoms with Crippen molar-refractivity contribution in [3.63, 3.8) is 0 Å². The molecule has 0 bridgehead atoms. The molecule has 26 heavy (non-hydrogen) atoms. The molecular weight excluding hydrogens is 369 g/mol. The van der Waals surface area contributed by atoms with E-state index in [0.29, 0.717) is 18.1 Å². The number of nitrogens with one attached hydrogen (secondary N) is 1. The quantitative estimate of drug-likeness (QED) is 0.866. The van der Waals surface area contributed by atoms with E-state index in [0.717, 1.165) is 37.3 Å². The Morgan fingerprint density at radius 3 is 2.62 bits per heavy atom. The van der Waals surface area contributed by atoms with Crippen LogP contribution in [-0.2, 0) is 12.6 Å². The van der Waals surface area contributed by atoms with Gasteiger partial charge in [-0.2, -0.15) is 18.2 Å². The van der Waals surface area contributed by atoms with Crippen molar-refractivity contribution in [1.29, 1.82) is 0 Å². The van der Waals surface area contributed by atoms with Crippen molar-refractivity contribution in [2.75, 3.05) is 26.7 Å². The number of piperazine rings is 1. The normalized spacial score (nSPS) is 19.8. The molecule has 0 amide bonds. The van der Waals surface area contributed by atoms with Crippen LogP contribution in [0.3, 0.4) is 0 Å². The summed E-state index contributed by atoms with van der Waals surface area (Å²) >= 11 is 0. The van der Waals surface area contributed by atoms with Gasteiger partial charge in [-0.15, -0.1) is 12.4 Å². The van der Waals surface area contributed by atoms with Gasteiger partial charge in [0.15, 0.2) is 5.82 Å². The number of nitrogens with zero attached hydrogens (tertiary/aromatic N) is 3. The number of rotatable bonds is 4. The molecule has 1 fully saturated rings. The predicted octanol–water partition coefficient (Wildman–Crippen LogP) is 3.43. The van der Waals surface area contributed by atoms with E-state index in [1.54, 1.807) is 0 Å². The molecular formula is C17H22ClF3N4O. The second-order valence-electron chi connectivity index (χ2n) is 6.47. The van der Waals surface area contributed by atoms with Crippen LogP contribution in [0.15, 0.2) is 28.8 Å². The van der Waals surface area contributed by atoms with Crippen LogP contribution in [0.5, 0.6) is 0 Å². The highest BCUT2D eigenvalue weighted by atomic mass is 35.5. The molecule has 5 nitrogen and oxygen atoms in total. The van der Waals surface area contributed by atoms with Crippen molar-refractivity contribution in [3.8, 4) is 0 Å². The van der Waals surface area contributed by atoms with Crippen molar-refractivity contribution in [3.05, 3.63) is 47.1 Å². The van der Waals surface area contributed by atoms with Gasteiger partial charge in [0.05, 0.1) is 11.6 Å². The van der Waals surface area contributed by atoms with Crippen LogP contribution in [0.1, 0.15) is 41.7 Å². The zero-order chi connectivity index (χ0) is 18.0. The molecule has 0 spiro atoms. The summed E-state index contributed by atoms with van der Waals surface area (Å²) in [5.41, 5.74) is 0.167. The average molecular weight is 391 g/mol. The molecule has 2 heterocycles. The maximum atomic E-state index is 12.6. The van der Waals surface area contributed by atoms with E-state index in [1.165, 1.54) is 12.1 Å². The third-order valence-corrected chi connectivity index (χ3v) is 4.58. The van der Waals surface area contributed by atoms with Crippen LogP contribution in [0.4, 0.5) is 13.2 Å².